The molecule has 2 aromatic rings. The Kier molecular flexibility index (Phi) is 4.56. The quantitative estimate of drug-likeness (QED) is 0.742. The molecule has 0 amide bonds. The first kappa shape index (κ1) is 18.4. The summed E-state index contributed by atoms with van der Waals surface area (Å²) in [5.74, 6) is -3.04. The standard InChI is InChI=1S/C17H12ClF4NO3/c1-7-4-10(16(24)25)9-5-11(18)14(19)13(15(9)26-7)8-2-3-12(23-6-8)17(20,21)22/h2-3,5-7,10H,4H2,1H3,(H,24,25)/t7?,10-/m0/s1. The van der Waals surface area contributed by atoms with Gasteiger partial charge in [-0.2, -0.15) is 13.2 Å². The number of rotatable bonds is 2. The second kappa shape index (κ2) is 6.42. The highest BCUT2D eigenvalue weighted by atomic mass is 35.5. The molecule has 1 aliphatic heterocycles. The van der Waals surface area contributed by atoms with Crippen LogP contribution >= 0.6 is 11.6 Å². The van der Waals surface area contributed by atoms with Gasteiger partial charge in [-0.3, -0.25) is 9.78 Å². The van der Waals surface area contributed by atoms with Crippen LogP contribution in [0.4, 0.5) is 17.6 Å². The maximum Gasteiger partial charge on any atom is 0.433 e. The fraction of sp³-hybridized carbons (Fsp3) is 0.294. The Morgan fingerprint density at radius 3 is 2.62 bits per heavy atom. The molecule has 4 nitrogen and oxygen atoms in total. The first-order valence-electron chi connectivity index (χ1n) is 7.54. The normalized spacial score (nSPS) is 19.6. The van der Waals surface area contributed by atoms with Gasteiger partial charge in [0, 0.05) is 23.7 Å². The number of hydrogen-bond donors (Lipinski definition) is 1. The van der Waals surface area contributed by atoms with Gasteiger partial charge in [0.1, 0.15) is 11.4 Å². The van der Waals surface area contributed by atoms with Crippen LogP contribution in [0.1, 0.15) is 30.5 Å². The second-order valence-electron chi connectivity index (χ2n) is 5.95. The molecule has 138 valence electrons. The zero-order valence-corrected chi connectivity index (χ0v) is 14.0. The molecule has 0 bridgehead atoms. The van der Waals surface area contributed by atoms with Crippen molar-refractivity contribution >= 4 is 17.6 Å². The molecule has 0 spiro atoms. The Morgan fingerprint density at radius 2 is 2.08 bits per heavy atom. The Balaban J connectivity index is 2.20. The van der Waals surface area contributed by atoms with Crippen LogP contribution in [0.15, 0.2) is 24.4 Å². The molecule has 0 saturated carbocycles. The molecule has 2 heterocycles. The summed E-state index contributed by atoms with van der Waals surface area (Å²) in [6.45, 7) is 1.63. The predicted octanol–water partition coefficient (Wildman–Crippen LogP) is 4.90. The topological polar surface area (TPSA) is 59.4 Å². The average molecular weight is 390 g/mol. The maximum absolute atomic E-state index is 14.7. The fourth-order valence-corrected chi connectivity index (χ4v) is 3.14. The molecule has 9 heteroatoms. The lowest BCUT2D eigenvalue weighted by molar-refractivity contribution is -0.141. The van der Waals surface area contributed by atoms with Crippen molar-refractivity contribution in [1.29, 1.82) is 0 Å². The van der Waals surface area contributed by atoms with E-state index in [1.165, 1.54) is 6.07 Å². The monoisotopic (exact) mass is 389 g/mol. The van der Waals surface area contributed by atoms with Gasteiger partial charge >= 0.3 is 12.1 Å². The van der Waals surface area contributed by atoms with Crippen LogP contribution in [0.2, 0.25) is 5.02 Å². The molecule has 1 unspecified atom stereocenters. The van der Waals surface area contributed by atoms with Gasteiger partial charge in [-0.15, -0.1) is 0 Å². The lowest BCUT2D eigenvalue weighted by Crippen LogP contribution is -2.28. The van der Waals surface area contributed by atoms with Crippen LogP contribution in [0, 0.1) is 5.82 Å². The van der Waals surface area contributed by atoms with Crippen molar-refractivity contribution in [2.45, 2.75) is 31.5 Å². The molecular weight excluding hydrogens is 378 g/mol. The molecular formula is C17H12ClF4NO3. The zero-order chi connectivity index (χ0) is 19.2. The van der Waals surface area contributed by atoms with Crippen molar-refractivity contribution < 1.29 is 32.2 Å². The van der Waals surface area contributed by atoms with Gasteiger partial charge in [0.2, 0.25) is 0 Å². The highest BCUT2D eigenvalue weighted by molar-refractivity contribution is 6.31. The minimum atomic E-state index is -4.63. The molecule has 1 aliphatic rings. The summed E-state index contributed by atoms with van der Waals surface area (Å²) in [7, 11) is 0. The number of halogens is 5. The molecule has 3 rings (SSSR count). The summed E-state index contributed by atoms with van der Waals surface area (Å²) < 4.78 is 58.3. The van der Waals surface area contributed by atoms with Gasteiger partial charge in [0.05, 0.1) is 22.6 Å². The molecule has 0 saturated heterocycles. The number of alkyl halides is 3. The molecule has 26 heavy (non-hydrogen) atoms. The van der Waals surface area contributed by atoms with Crippen LogP contribution in [-0.4, -0.2) is 22.2 Å². The number of ether oxygens (including phenoxy) is 1. The summed E-state index contributed by atoms with van der Waals surface area (Å²) in [6.07, 6.45) is -4.14. The third kappa shape index (κ3) is 3.21. The summed E-state index contributed by atoms with van der Waals surface area (Å²) in [5.41, 5.74) is -1.15. The minimum absolute atomic E-state index is 0.00693. The van der Waals surface area contributed by atoms with Crippen LogP contribution in [-0.2, 0) is 11.0 Å². The third-order valence-corrected chi connectivity index (χ3v) is 4.38. The first-order valence-corrected chi connectivity index (χ1v) is 7.92. The van der Waals surface area contributed by atoms with Gasteiger partial charge in [-0.25, -0.2) is 4.39 Å². The van der Waals surface area contributed by atoms with Crippen molar-refractivity contribution in [3.63, 3.8) is 0 Å². The fourth-order valence-electron chi connectivity index (χ4n) is 2.92. The Morgan fingerprint density at radius 1 is 1.38 bits per heavy atom. The highest BCUT2D eigenvalue weighted by Crippen LogP contribution is 2.46. The summed E-state index contributed by atoms with van der Waals surface area (Å²) in [4.78, 5) is 14.8. The number of aromatic nitrogens is 1. The minimum Gasteiger partial charge on any atom is -0.490 e. The third-order valence-electron chi connectivity index (χ3n) is 4.10. The van der Waals surface area contributed by atoms with E-state index in [2.05, 4.69) is 4.98 Å². The van der Waals surface area contributed by atoms with Crippen LogP contribution in [0.5, 0.6) is 5.75 Å². The smallest absolute Gasteiger partial charge is 0.433 e. The molecule has 0 fully saturated rings. The van der Waals surface area contributed by atoms with E-state index in [4.69, 9.17) is 16.3 Å². The summed E-state index contributed by atoms with van der Waals surface area (Å²) >= 11 is 5.89. The molecule has 1 aromatic heterocycles. The summed E-state index contributed by atoms with van der Waals surface area (Å²) in [5, 5.41) is 9.08. The van der Waals surface area contributed by atoms with Gasteiger partial charge in [-0.05, 0) is 19.1 Å². The predicted molar refractivity (Wildman–Crippen MR) is 84.7 cm³/mol. The second-order valence-corrected chi connectivity index (χ2v) is 6.36. The van der Waals surface area contributed by atoms with E-state index in [0.29, 0.717) is 6.07 Å². The van der Waals surface area contributed by atoms with E-state index in [-0.39, 0.29) is 33.9 Å². The van der Waals surface area contributed by atoms with Crippen molar-refractivity contribution in [2.24, 2.45) is 0 Å². The number of hydrogen-bond acceptors (Lipinski definition) is 3. The number of nitrogens with zero attached hydrogens (tertiary/aromatic N) is 1. The average Bonchev–Trinajstić information content (AvgIpc) is 2.55. The first-order chi connectivity index (χ1) is 12.1. The number of pyridine rings is 1. The molecule has 0 aliphatic carbocycles. The van der Waals surface area contributed by atoms with Gasteiger partial charge < -0.3 is 9.84 Å². The van der Waals surface area contributed by atoms with Crippen molar-refractivity contribution in [1.82, 2.24) is 4.98 Å². The largest absolute Gasteiger partial charge is 0.490 e. The lowest BCUT2D eigenvalue weighted by atomic mass is 9.87. The van der Waals surface area contributed by atoms with E-state index in [9.17, 15) is 27.5 Å². The Hall–Kier alpha value is -2.35. The Labute approximate surface area is 150 Å². The van der Waals surface area contributed by atoms with Crippen LogP contribution in [0.3, 0.4) is 0 Å². The van der Waals surface area contributed by atoms with Crippen LogP contribution < -0.4 is 4.74 Å². The van der Waals surface area contributed by atoms with E-state index in [1.54, 1.807) is 6.92 Å². The number of benzene rings is 1. The lowest BCUT2D eigenvalue weighted by Gasteiger charge is -2.30. The van der Waals surface area contributed by atoms with E-state index >= 15 is 0 Å². The molecule has 1 aromatic carbocycles. The van der Waals surface area contributed by atoms with Gasteiger partial charge in [-0.1, -0.05) is 17.7 Å². The Bertz CT molecular complexity index is 868. The van der Waals surface area contributed by atoms with Crippen molar-refractivity contribution in [2.75, 3.05) is 0 Å². The number of aliphatic carboxylic acids is 1. The number of fused-ring (bicyclic) bond motifs is 1. The van der Waals surface area contributed by atoms with E-state index < -0.39 is 35.7 Å². The van der Waals surface area contributed by atoms with Gasteiger partial charge in [0.25, 0.3) is 0 Å². The maximum atomic E-state index is 14.7. The zero-order valence-electron chi connectivity index (χ0n) is 13.3. The van der Waals surface area contributed by atoms with E-state index in [0.717, 1.165) is 12.3 Å². The summed E-state index contributed by atoms with van der Waals surface area (Å²) in [6, 6.07) is 2.93. The molecule has 0 radical (unpaired) electrons. The van der Waals surface area contributed by atoms with Gasteiger partial charge in [0.15, 0.2) is 5.82 Å². The number of carbonyl (C=O) groups is 1. The van der Waals surface area contributed by atoms with Crippen molar-refractivity contribution in [3.05, 3.63) is 46.5 Å². The van der Waals surface area contributed by atoms with Crippen molar-refractivity contribution in [3.8, 4) is 16.9 Å². The van der Waals surface area contributed by atoms with E-state index in [1.807, 2.05) is 0 Å². The number of carboxylic acid groups (broad SMARTS) is 1. The van der Waals surface area contributed by atoms with Crippen LogP contribution in [0.25, 0.3) is 11.1 Å². The number of carboxylic acids is 1. The highest BCUT2D eigenvalue weighted by Gasteiger charge is 2.36. The molecule has 2 atom stereocenters. The molecule has 1 N–H and O–H groups in total. The SMILES string of the molecule is CC1C[C@H](C(=O)O)c2cc(Cl)c(F)c(-c3ccc(C(F)(F)F)nc3)c2O1.